The van der Waals surface area contributed by atoms with Crippen molar-refractivity contribution in [1.82, 2.24) is 0 Å². The van der Waals surface area contributed by atoms with E-state index in [0.717, 1.165) is 5.39 Å². The summed E-state index contributed by atoms with van der Waals surface area (Å²) in [5.41, 5.74) is 0. The van der Waals surface area contributed by atoms with Crippen molar-refractivity contribution in [2.75, 3.05) is 0 Å². The van der Waals surface area contributed by atoms with Crippen LogP contribution in [0.4, 0.5) is 0 Å². The van der Waals surface area contributed by atoms with E-state index in [-0.39, 0.29) is 0 Å². The molecule has 1 heteroatoms. The Hall–Kier alpha value is -0.521. The van der Waals surface area contributed by atoms with Crippen LogP contribution < -0.4 is 0 Å². The van der Waals surface area contributed by atoms with Crippen molar-refractivity contribution >= 4 is 24.1 Å². The first kappa shape index (κ1) is 4.32. The quantitative estimate of drug-likeness (QED) is 0.546. The summed E-state index contributed by atoms with van der Waals surface area (Å²) in [5, 5.41) is 1.13. The second kappa shape index (κ2) is 2.02. The fourth-order valence-electron chi connectivity index (χ4n) is 0.845. The van der Waals surface area contributed by atoms with Gasteiger partial charge in [0.1, 0.15) is 0 Å². The molecule has 0 bridgehead atoms. The van der Waals surface area contributed by atoms with Crippen LogP contribution in [0.2, 0.25) is 0 Å². The average Bonchev–Trinajstić information content (AvgIpc) is 2.34. The molecule has 0 aliphatic rings. The zero-order valence-electron chi connectivity index (χ0n) is 5.79. The van der Waals surface area contributed by atoms with Gasteiger partial charge in [0.2, 0.25) is 0 Å². The minimum absolute atomic E-state index is 0.424. The van der Waals surface area contributed by atoms with Gasteiger partial charge in [-0.3, -0.25) is 0 Å². The Kier molecular flexibility index (Phi) is 0.968. The zero-order valence-corrected chi connectivity index (χ0v) is 6.51. The van der Waals surface area contributed by atoms with Gasteiger partial charge < -0.3 is 0 Å². The van der Waals surface area contributed by atoms with Gasteiger partial charge in [-0.2, -0.15) is 0 Å². The third-order valence-electron chi connectivity index (χ3n) is 1.29. The molecule has 0 nitrogen and oxygen atoms in total. The van der Waals surface area contributed by atoms with E-state index in [1.807, 2.05) is 23.1 Å². The molecule has 0 aliphatic carbocycles. The van der Waals surface area contributed by atoms with Gasteiger partial charge in [0.05, 0.1) is 0 Å². The fraction of sp³-hybridized carbons (Fsp3) is 0. The molecule has 1 aromatic heterocycles. The molecule has 2 aromatic rings. The fourth-order valence-corrected chi connectivity index (χ4v) is 2.36. The molecule has 0 fully saturated rings. The Morgan fingerprint density at radius 1 is 1.33 bits per heavy atom. The molecule has 0 aliphatic heterocycles. The molecule has 0 spiro atoms. The summed E-state index contributed by atoms with van der Waals surface area (Å²) in [6.07, 6.45) is 0. The van der Waals surface area contributed by atoms with Crippen LogP contribution in [0.5, 0.6) is 0 Å². The number of benzene rings is 1. The van der Waals surface area contributed by atoms with E-state index in [9.17, 15) is 0 Å². The Labute approximate surface area is 61.3 Å². The van der Waals surface area contributed by atoms with Gasteiger partial charge >= 0.3 is 60.8 Å². The van der Waals surface area contributed by atoms with E-state index in [0.29, 0.717) is 20.5 Å². The second-order valence-electron chi connectivity index (χ2n) is 1.88. The van der Waals surface area contributed by atoms with Crippen molar-refractivity contribution in [2.24, 2.45) is 0 Å². The van der Waals surface area contributed by atoms with Gasteiger partial charge in [-0.1, -0.05) is 0 Å². The topological polar surface area (TPSA) is 0 Å². The number of hydrogen-bond donors (Lipinski definition) is 0. The summed E-state index contributed by atoms with van der Waals surface area (Å²) < 4.78 is 8.84. The zero-order chi connectivity index (χ0) is 6.97. The predicted molar refractivity (Wildman–Crippen MR) is 40.9 cm³/mol. The van der Waals surface area contributed by atoms with E-state index in [2.05, 4.69) is 6.07 Å². The molecule has 1 aromatic carbocycles. The molecule has 0 radical (unpaired) electrons. The Morgan fingerprint density at radius 2 is 2.22 bits per heavy atom. The molecule has 0 saturated carbocycles. The van der Waals surface area contributed by atoms with Crippen molar-refractivity contribution in [3.63, 3.8) is 0 Å². The average molecular weight is 182 g/mol. The van der Waals surface area contributed by atoms with Crippen LogP contribution in [0.25, 0.3) is 9.65 Å². The van der Waals surface area contributed by atoms with E-state index in [1.165, 1.54) is 4.26 Å². The molecule has 0 atom stereocenters. The van der Waals surface area contributed by atoms with Gasteiger partial charge in [0.15, 0.2) is 0 Å². The van der Waals surface area contributed by atoms with Crippen molar-refractivity contribution < 1.29 is 1.37 Å². The van der Waals surface area contributed by atoms with Gasteiger partial charge in [0.25, 0.3) is 0 Å². The van der Waals surface area contributed by atoms with Gasteiger partial charge in [-0.25, -0.2) is 0 Å². The molecule has 2 rings (SSSR count). The molecular formula is C8H6Se. The van der Waals surface area contributed by atoms with E-state index < -0.39 is 0 Å². The standard InChI is InChI=1S/C8H6Se/c1-2-4-8-7(3-1)5-6-9-8/h1-6H/i5D. The second-order valence-corrected chi connectivity index (χ2v) is 3.79. The molecule has 0 unspecified atom stereocenters. The molecular weight excluding hydrogens is 175 g/mol. The molecule has 44 valence electrons. The van der Waals surface area contributed by atoms with E-state index in [4.69, 9.17) is 1.37 Å². The normalized spacial score (nSPS) is 11.8. The van der Waals surface area contributed by atoms with Crippen LogP contribution in [0.1, 0.15) is 1.37 Å². The van der Waals surface area contributed by atoms with Crippen LogP contribution in [0.3, 0.4) is 0 Å². The minimum atomic E-state index is 0.424. The number of hydrogen-bond acceptors (Lipinski definition) is 0. The van der Waals surface area contributed by atoms with Crippen molar-refractivity contribution in [3.8, 4) is 0 Å². The Bertz CT molecular complexity index is 351. The summed E-state index contributed by atoms with van der Waals surface area (Å²) in [5.74, 6) is 0. The summed E-state index contributed by atoms with van der Waals surface area (Å²) in [4.78, 5) is 2.01. The third kappa shape index (κ3) is 0.827. The summed E-state index contributed by atoms with van der Waals surface area (Å²) in [6.45, 7) is 0. The molecule has 0 N–H and O–H groups in total. The van der Waals surface area contributed by atoms with Crippen LogP contribution >= 0.6 is 0 Å². The van der Waals surface area contributed by atoms with E-state index >= 15 is 0 Å². The molecule has 1 heterocycles. The monoisotopic (exact) mass is 183 g/mol. The van der Waals surface area contributed by atoms with Crippen LogP contribution in [0.15, 0.2) is 35.2 Å². The SMILES string of the molecule is [2H]c1c[se]c2ccccc12. The first-order valence-corrected chi connectivity index (χ1v) is 4.65. The third-order valence-corrected chi connectivity index (χ3v) is 3.06. The summed E-state index contributed by atoms with van der Waals surface area (Å²) >= 11 is 0.424. The summed E-state index contributed by atoms with van der Waals surface area (Å²) in [6, 6.07) is 8.85. The Balaban J connectivity index is 2.93. The first-order valence-electron chi connectivity index (χ1n) is 3.31. The first-order chi connectivity index (χ1) is 4.88. The van der Waals surface area contributed by atoms with Crippen LogP contribution in [-0.2, 0) is 0 Å². The van der Waals surface area contributed by atoms with E-state index in [1.54, 1.807) is 0 Å². The summed E-state index contributed by atoms with van der Waals surface area (Å²) in [7, 11) is 0. The molecule has 9 heavy (non-hydrogen) atoms. The van der Waals surface area contributed by atoms with Gasteiger partial charge in [-0.05, 0) is 0 Å². The Morgan fingerprint density at radius 3 is 3.11 bits per heavy atom. The van der Waals surface area contributed by atoms with Crippen LogP contribution in [0, 0.1) is 0 Å². The number of rotatable bonds is 0. The predicted octanol–water partition coefficient (Wildman–Crippen LogP) is 1.90. The van der Waals surface area contributed by atoms with Crippen molar-refractivity contribution in [3.05, 3.63) is 35.2 Å². The van der Waals surface area contributed by atoms with Crippen molar-refractivity contribution in [1.29, 1.82) is 0 Å². The van der Waals surface area contributed by atoms with Crippen molar-refractivity contribution in [2.45, 2.75) is 0 Å². The van der Waals surface area contributed by atoms with Crippen LogP contribution in [-0.4, -0.2) is 14.5 Å². The van der Waals surface area contributed by atoms with Gasteiger partial charge in [-0.15, -0.1) is 0 Å². The maximum absolute atomic E-state index is 7.49. The molecule has 0 saturated heterocycles. The maximum atomic E-state index is 7.49. The number of fused-ring (bicyclic) bond motifs is 1. The molecule has 0 amide bonds. The van der Waals surface area contributed by atoms with Gasteiger partial charge in [0, 0.05) is 0 Å².